The van der Waals surface area contributed by atoms with Gasteiger partial charge in [-0.1, -0.05) is 21.1 Å². The summed E-state index contributed by atoms with van der Waals surface area (Å²) in [6.45, 7) is 1.52. The number of nitrogens with zero attached hydrogens (tertiary/aromatic N) is 2. The van der Waals surface area contributed by atoms with Crippen molar-refractivity contribution in [3.05, 3.63) is 34.4 Å². The molecule has 0 bridgehead atoms. The van der Waals surface area contributed by atoms with Crippen molar-refractivity contribution in [3.8, 4) is 11.4 Å². The zero-order valence-electron chi connectivity index (χ0n) is 9.47. The monoisotopic (exact) mass is 315 g/mol. The van der Waals surface area contributed by atoms with Gasteiger partial charge in [0.15, 0.2) is 0 Å². The zero-order chi connectivity index (χ0) is 13.3. The minimum atomic E-state index is -0.811. The summed E-state index contributed by atoms with van der Waals surface area (Å²) in [5, 5.41) is 13.0. The molecule has 2 aromatic rings. The van der Waals surface area contributed by atoms with Crippen molar-refractivity contribution in [2.75, 3.05) is 0 Å². The number of rotatable bonds is 3. The third kappa shape index (κ3) is 2.58. The van der Waals surface area contributed by atoms with Crippen LogP contribution in [0.3, 0.4) is 0 Å². The van der Waals surface area contributed by atoms with Gasteiger partial charge in [-0.3, -0.25) is 0 Å². The Hall–Kier alpha value is -1.31. The van der Waals surface area contributed by atoms with Crippen LogP contribution in [0.1, 0.15) is 18.9 Å². The molecule has 96 valence electrons. The number of halogens is 2. The SMILES string of the molecule is C[C@@H](O)[C@H](N)c1nc(-c2cc(F)ccc2Br)no1. The number of aromatic nitrogens is 2. The smallest absolute Gasteiger partial charge is 0.246 e. The molecule has 0 aliphatic rings. The van der Waals surface area contributed by atoms with E-state index in [1.54, 1.807) is 6.07 Å². The summed E-state index contributed by atoms with van der Waals surface area (Å²) < 4.78 is 18.7. The minimum absolute atomic E-state index is 0.108. The Morgan fingerprint density at radius 3 is 2.89 bits per heavy atom. The first-order valence-electron chi connectivity index (χ1n) is 5.21. The molecule has 0 amide bonds. The maximum absolute atomic E-state index is 13.2. The van der Waals surface area contributed by atoms with Crippen molar-refractivity contribution in [2.24, 2.45) is 5.73 Å². The number of benzene rings is 1. The molecule has 5 nitrogen and oxygen atoms in total. The highest BCUT2D eigenvalue weighted by Crippen LogP contribution is 2.27. The second-order valence-corrected chi connectivity index (χ2v) is 4.70. The maximum Gasteiger partial charge on any atom is 0.246 e. The summed E-state index contributed by atoms with van der Waals surface area (Å²) in [7, 11) is 0. The van der Waals surface area contributed by atoms with Gasteiger partial charge in [-0.05, 0) is 25.1 Å². The Morgan fingerprint density at radius 2 is 2.22 bits per heavy atom. The number of nitrogens with two attached hydrogens (primary N) is 1. The molecule has 0 saturated heterocycles. The fourth-order valence-electron chi connectivity index (χ4n) is 1.36. The Bertz CT molecular complexity index is 559. The van der Waals surface area contributed by atoms with Crippen molar-refractivity contribution in [1.82, 2.24) is 10.1 Å². The van der Waals surface area contributed by atoms with Crippen LogP contribution in [-0.2, 0) is 0 Å². The Kier molecular flexibility index (Phi) is 3.74. The van der Waals surface area contributed by atoms with E-state index >= 15 is 0 Å². The molecule has 0 spiro atoms. The standard InChI is InChI=1S/C11H11BrFN3O2/c1-5(17)9(14)11-15-10(16-18-11)7-4-6(13)2-3-8(7)12/h2-5,9,17H,14H2,1H3/t5-,9+/m1/s1. The predicted molar refractivity (Wildman–Crippen MR) is 66.0 cm³/mol. The van der Waals surface area contributed by atoms with E-state index in [9.17, 15) is 9.50 Å². The van der Waals surface area contributed by atoms with Gasteiger partial charge < -0.3 is 15.4 Å². The summed E-state index contributed by atoms with van der Waals surface area (Å²) in [5.41, 5.74) is 6.13. The molecule has 3 N–H and O–H groups in total. The lowest BCUT2D eigenvalue weighted by Crippen LogP contribution is -2.23. The first-order valence-corrected chi connectivity index (χ1v) is 6.01. The molecule has 0 aliphatic carbocycles. The van der Waals surface area contributed by atoms with Gasteiger partial charge in [0.05, 0.1) is 6.10 Å². The summed E-state index contributed by atoms with van der Waals surface area (Å²) in [6.07, 6.45) is -0.811. The average Bonchev–Trinajstić information content (AvgIpc) is 2.80. The lowest BCUT2D eigenvalue weighted by atomic mass is 10.2. The van der Waals surface area contributed by atoms with E-state index in [0.29, 0.717) is 10.0 Å². The first kappa shape index (κ1) is 13.1. The molecule has 2 rings (SSSR count). The van der Waals surface area contributed by atoms with Gasteiger partial charge in [0, 0.05) is 10.0 Å². The molecule has 0 unspecified atom stereocenters. The number of hydrogen-bond donors (Lipinski definition) is 2. The fraction of sp³-hybridized carbons (Fsp3) is 0.273. The van der Waals surface area contributed by atoms with Gasteiger partial charge >= 0.3 is 0 Å². The van der Waals surface area contributed by atoms with Crippen LogP contribution < -0.4 is 5.73 Å². The van der Waals surface area contributed by atoms with Crippen molar-refractivity contribution in [3.63, 3.8) is 0 Å². The average molecular weight is 316 g/mol. The number of aliphatic hydroxyl groups excluding tert-OH is 1. The van der Waals surface area contributed by atoms with Crippen LogP contribution in [0, 0.1) is 5.82 Å². The highest BCUT2D eigenvalue weighted by molar-refractivity contribution is 9.10. The number of hydrogen-bond acceptors (Lipinski definition) is 5. The molecule has 1 aromatic carbocycles. The van der Waals surface area contributed by atoms with Crippen molar-refractivity contribution in [2.45, 2.75) is 19.1 Å². The molecule has 0 saturated carbocycles. The second kappa shape index (κ2) is 5.13. The van der Waals surface area contributed by atoms with E-state index < -0.39 is 18.0 Å². The van der Waals surface area contributed by atoms with Gasteiger partial charge in [-0.25, -0.2) is 4.39 Å². The van der Waals surface area contributed by atoms with Gasteiger partial charge in [0.1, 0.15) is 11.9 Å². The third-order valence-electron chi connectivity index (χ3n) is 2.42. The summed E-state index contributed by atoms with van der Waals surface area (Å²) in [4.78, 5) is 4.04. The summed E-state index contributed by atoms with van der Waals surface area (Å²) >= 11 is 3.27. The van der Waals surface area contributed by atoms with Gasteiger partial charge in [-0.2, -0.15) is 4.98 Å². The van der Waals surface area contributed by atoms with Crippen molar-refractivity contribution >= 4 is 15.9 Å². The predicted octanol–water partition coefficient (Wildman–Crippen LogP) is 2.02. The Labute approximate surface area is 111 Å². The topological polar surface area (TPSA) is 85.2 Å². The highest BCUT2D eigenvalue weighted by atomic mass is 79.9. The fourth-order valence-corrected chi connectivity index (χ4v) is 1.78. The maximum atomic E-state index is 13.2. The normalized spacial score (nSPS) is 14.5. The zero-order valence-corrected chi connectivity index (χ0v) is 11.1. The highest BCUT2D eigenvalue weighted by Gasteiger charge is 2.20. The molecule has 0 fully saturated rings. The van der Waals surface area contributed by atoms with Crippen molar-refractivity contribution in [1.29, 1.82) is 0 Å². The molecule has 2 atom stereocenters. The molecule has 0 aliphatic heterocycles. The van der Waals surface area contributed by atoms with Gasteiger partial charge in [-0.15, -0.1) is 0 Å². The molecule has 18 heavy (non-hydrogen) atoms. The van der Waals surface area contributed by atoms with E-state index in [1.165, 1.54) is 19.1 Å². The van der Waals surface area contributed by atoms with Crippen LogP contribution in [0.4, 0.5) is 4.39 Å². The van der Waals surface area contributed by atoms with Crippen LogP contribution in [0.5, 0.6) is 0 Å². The molecule has 7 heteroatoms. The van der Waals surface area contributed by atoms with E-state index in [2.05, 4.69) is 26.1 Å². The third-order valence-corrected chi connectivity index (χ3v) is 3.11. The molecule has 1 heterocycles. The Morgan fingerprint density at radius 1 is 1.50 bits per heavy atom. The van der Waals surface area contributed by atoms with Crippen molar-refractivity contribution < 1.29 is 14.0 Å². The second-order valence-electron chi connectivity index (χ2n) is 3.85. The van der Waals surface area contributed by atoms with Gasteiger partial charge in [0.2, 0.25) is 11.7 Å². The lowest BCUT2D eigenvalue weighted by Gasteiger charge is -2.08. The van der Waals surface area contributed by atoms with E-state index in [-0.39, 0.29) is 11.7 Å². The van der Waals surface area contributed by atoms with Crippen LogP contribution in [0.25, 0.3) is 11.4 Å². The molecular weight excluding hydrogens is 305 g/mol. The van der Waals surface area contributed by atoms with Gasteiger partial charge in [0.25, 0.3) is 0 Å². The van der Waals surface area contributed by atoms with Crippen LogP contribution in [-0.4, -0.2) is 21.4 Å². The largest absolute Gasteiger partial charge is 0.391 e. The Balaban J connectivity index is 2.38. The van der Waals surface area contributed by atoms with Crippen LogP contribution in [0.2, 0.25) is 0 Å². The first-order chi connectivity index (χ1) is 8.49. The summed E-state index contributed by atoms with van der Waals surface area (Å²) in [5.74, 6) is -0.0805. The molecule has 0 radical (unpaired) electrons. The summed E-state index contributed by atoms with van der Waals surface area (Å²) in [6, 6.07) is 3.39. The molecular formula is C11H11BrFN3O2. The van der Waals surface area contributed by atoms with Crippen LogP contribution in [0.15, 0.2) is 27.2 Å². The van der Waals surface area contributed by atoms with E-state index in [1.807, 2.05) is 0 Å². The lowest BCUT2D eigenvalue weighted by molar-refractivity contribution is 0.146. The van der Waals surface area contributed by atoms with E-state index in [0.717, 1.165) is 0 Å². The minimum Gasteiger partial charge on any atom is -0.391 e. The number of aliphatic hydroxyl groups is 1. The van der Waals surface area contributed by atoms with Crippen LogP contribution >= 0.6 is 15.9 Å². The van der Waals surface area contributed by atoms with E-state index in [4.69, 9.17) is 10.3 Å². The molecule has 1 aromatic heterocycles. The quantitative estimate of drug-likeness (QED) is 0.905.